The van der Waals surface area contributed by atoms with Gasteiger partial charge in [-0.15, -0.1) is 21.5 Å². The highest BCUT2D eigenvalue weighted by atomic mass is 79.9. The van der Waals surface area contributed by atoms with Gasteiger partial charge in [-0.05, 0) is 27.4 Å². The number of nitrogens with zero attached hydrogens (tertiary/aromatic N) is 3. The van der Waals surface area contributed by atoms with Gasteiger partial charge in [-0.2, -0.15) is 0 Å². The van der Waals surface area contributed by atoms with E-state index in [1.165, 1.54) is 0 Å². The second-order valence-electron chi connectivity index (χ2n) is 2.36. The van der Waals surface area contributed by atoms with Crippen LogP contribution < -0.4 is 0 Å². The molecular weight excluding hydrogens is 238 g/mol. The van der Waals surface area contributed by atoms with Crippen molar-refractivity contribution in [2.75, 3.05) is 0 Å². The number of halogens is 1. The number of hydrogen-bond acceptors (Lipinski definition) is 3. The molecule has 0 N–H and O–H groups in total. The fourth-order valence-electron chi connectivity index (χ4n) is 0.942. The van der Waals surface area contributed by atoms with E-state index in [1.54, 1.807) is 17.7 Å². The SMILES string of the molecule is Cn1cnnc1-c1sccc1Br. The lowest BCUT2D eigenvalue weighted by molar-refractivity contribution is 0.922. The van der Waals surface area contributed by atoms with Crippen LogP contribution >= 0.6 is 27.3 Å². The summed E-state index contributed by atoms with van der Waals surface area (Å²) in [5.74, 6) is 0.900. The molecule has 2 aromatic rings. The lowest BCUT2D eigenvalue weighted by Gasteiger charge is -1.95. The van der Waals surface area contributed by atoms with E-state index >= 15 is 0 Å². The van der Waals surface area contributed by atoms with E-state index in [2.05, 4.69) is 26.1 Å². The number of aromatic nitrogens is 3. The van der Waals surface area contributed by atoms with E-state index in [9.17, 15) is 0 Å². The van der Waals surface area contributed by atoms with Gasteiger partial charge in [-0.1, -0.05) is 0 Å². The highest BCUT2D eigenvalue weighted by molar-refractivity contribution is 9.10. The predicted molar refractivity (Wildman–Crippen MR) is 52.0 cm³/mol. The molecule has 2 rings (SSSR count). The number of thiophene rings is 1. The third-order valence-corrected chi connectivity index (χ3v) is 3.37. The lowest BCUT2D eigenvalue weighted by Crippen LogP contribution is -1.88. The predicted octanol–water partition coefficient (Wildman–Crippen LogP) is 2.31. The van der Waals surface area contributed by atoms with Gasteiger partial charge >= 0.3 is 0 Å². The van der Waals surface area contributed by atoms with Gasteiger partial charge in [0, 0.05) is 11.5 Å². The van der Waals surface area contributed by atoms with Crippen molar-refractivity contribution in [2.45, 2.75) is 0 Å². The van der Waals surface area contributed by atoms with Crippen LogP contribution in [0, 0.1) is 0 Å². The fourth-order valence-corrected chi connectivity index (χ4v) is 2.52. The van der Waals surface area contributed by atoms with E-state index < -0.39 is 0 Å². The molecule has 0 aliphatic heterocycles. The first-order valence-electron chi connectivity index (χ1n) is 3.36. The molecule has 2 aromatic heterocycles. The Hall–Kier alpha value is -0.680. The molecule has 3 nitrogen and oxygen atoms in total. The average Bonchev–Trinajstić information content (AvgIpc) is 2.59. The first-order valence-corrected chi connectivity index (χ1v) is 5.03. The summed E-state index contributed by atoms with van der Waals surface area (Å²) in [6.45, 7) is 0. The number of aryl methyl sites for hydroxylation is 1. The highest BCUT2D eigenvalue weighted by Crippen LogP contribution is 2.31. The van der Waals surface area contributed by atoms with Gasteiger partial charge in [0.25, 0.3) is 0 Å². The minimum absolute atomic E-state index is 0.900. The Kier molecular flexibility index (Phi) is 1.98. The summed E-state index contributed by atoms with van der Waals surface area (Å²) in [5.41, 5.74) is 0. The number of rotatable bonds is 1. The maximum absolute atomic E-state index is 4.01. The van der Waals surface area contributed by atoms with Gasteiger partial charge in [0.1, 0.15) is 6.33 Å². The Morgan fingerprint density at radius 3 is 2.92 bits per heavy atom. The second kappa shape index (κ2) is 2.99. The van der Waals surface area contributed by atoms with Crippen molar-refractivity contribution in [3.05, 3.63) is 22.2 Å². The van der Waals surface area contributed by atoms with Crippen molar-refractivity contribution in [1.29, 1.82) is 0 Å². The van der Waals surface area contributed by atoms with E-state index in [0.717, 1.165) is 15.2 Å². The molecular formula is C7H6BrN3S. The molecule has 0 radical (unpaired) electrons. The van der Waals surface area contributed by atoms with Crippen LogP contribution in [0.25, 0.3) is 10.7 Å². The van der Waals surface area contributed by atoms with Crippen LogP contribution in [0.5, 0.6) is 0 Å². The fraction of sp³-hybridized carbons (Fsp3) is 0.143. The molecule has 0 spiro atoms. The molecule has 5 heteroatoms. The third kappa shape index (κ3) is 1.19. The lowest BCUT2D eigenvalue weighted by atomic mass is 10.4. The summed E-state index contributed by atoms with van der Waals surface area (Å²) in [4.78, 5) is 1.12. The van der Waals surface area contributed by atoms with E-state index in [4.69, 9.17) is 0 Å². The minimum Gasteiger partial charge on any atom is -0.316 e. The molecule has 12 heavy (non-hydrogen) atoms. The molecule has 0 fully saturated rings. The maximum atomic E-state index is 4.01. The Morgan fingerprint density at radius 1 is 1.58 bits per heavy atom. The first kappa shape index (κ1) is 7.94. The van der Waals surface area contributed by atoms with Gasteiger partial charge in [0.05, 0.1) is 4.88 Å². The minimum atomic E-state index is 0.900. The molecule has 0 bridgehead atoms. The molecule has 0 aromatic carbocycles. The standard InChI is InChI=1S/C7H6BrN3S/c1-11-4-9-10-7(11)6-5(8)2-3-12-6/h2-4H,1H3. The Morgan fingerprint density at radius 2 is 2.42 bits per heavy atom. The molecule has 0 saturated carbocycles. The summed E-state index contributed by atoms with van der Waals surface area (Å²) in [7, 11) is 1.93. The van der Waals surface area contributed by atoms with Crippen LogP contribution in [0.1, 0.15) is 0 Å². The summed E-state index contributed by atoms with van der Waals surface area (Å²) in [6, 6.07) is 2.01. The van der Waals surface area contributed by atoms with Crippen LogP contribution in [-0.2, 0) is 7.05 Å². The normalized spacial score (nSPS) is 10.5. The largest absolute Gasteiger partial charge is 0.316 e. The zero-order valence-electron chi connectivity index (χ0n) is 6.36. The molecule has 62 valence electrons. The van der Waals surface area contributed by atoms with Crippen LogP contribution in [0.15, 0.2) is 22.2 Å². The zero-order chi connectivity index (χ0) is 8.55. The Bertz CT molecular complexity index is 355. The van der Waals surface area contributed by atoms with E-state index in [1.807, 2.05) is 23.1 Å². The Labute approximate surface area is 82.2 Å². The van der Waals surface area contributed by atoms with Crippen molar-refractivity contribution < 1.29 is 0 Å². The molecule has 0 saturated heterocycles. The van der Waals surface area contributed by atoms with Gasteiger partial charge in [0.2, 0.25) is 0 Å². The van der Waals surface area contributed by atoms with Crippen molar-refractivity contribution in [3.8, 4) is 10.7 Å². The quantitative estimate of drug-likeness (QED) is 0.770. The monoisotopic (exact) mass is 243 g/mol. The second-order valence-corrected chi connectivity index (χ2v) is 4.13. The number of hydrogen-bond donors (Lipinski definition) is 0. The van der Waals surface area contributed by atoms with Crippen molar-refractivity contribution in [3.63, 3.8) is 0 Å². The highest BCUT2D eigenvalue weighted by Gasteiger charge is 2.09. The van der Waals surface area contributed by atoms with E-state index in [-0.39, 0.29) is 0 Å². The smallest absolute Gasteiger partial charge is 0.174 e. The summed E-state index contributed by atoms with van der Waals surface area (Å²) in [6.07, 6.45) is 1.70. The molecule has 0 amide bonds. The summed E-state index contributed by atoms with van der Waals surface area (Å²) < 4.78 is 2.97. The molecule has 0 aliphatic carbocycles. The maximum Gasteiger partial charge on any atom is 0.174 e. The molecule has 0 aliphatic rings. The van der Waals surface area contributed by atoms with Crippen molar-refractivity contribution in [2.24, 2.45) is 7.05 Å². The van der Waals surface area contributed by atoms with E-state index in [0.29, 0.717) is 0 Å². The van der Waals surface area contributed by atoms with Gasteiger partial charge < -0.3 is 4.57 Å². The molecule has 0 atom stereocenters. The van der Waals surface area contributed by atoms with Crippen LogP contribution in [0.4, 0.5) is 0 Å². The third-order valence-electron chi connectivity index (χ3n) is 1.53. The van der Waals surface area contributed by atoms with Gasteiger partial charge in [-0.25, -0.2) is 0 Å². The van der Waals surface area contributed by atoms with Crippen LogP contribution in [-0.4, -0.2) is 14.8 Å². The topological polar surface area (TPSA) is 30.7 Å². The summed E-state index contributed by atoms with van der Waals surface area (Å²) >= 11 is 5.10. The van der Waals surface area contributed by atoms with Gasteiger partial charge in [0.15, 0.2) is 5.82 Å². The van der Waals surface area contributed by atoms with Crippen molar-refractivity contribution >= 4 is 27.3 Å². The zero-order valence-corrected chi connectivity index (χ0v) is 8.76. The molecule has 0 unspecified atom stereocenters. The first-order chi connectivity index (χ1) is 5.79. The van der Waals surface area contributed by atoms with Crippen LogP contribution in [0.3, 0.4) is 0 Å². The molecule has 2 heterocycles. The summed E-state index contributed by atoms with van der Waals surface area (Å²) in [5, 5.41) is 9.85. The van der Waals surface area contributed by atoms with Crippen molar-refractivity contribution in [1.82, 2.24) is 14.8 Å². The average molecular weight is 244 g/mol. The Balaban J connectivity index is 2.57. The van der Waals surface area contributed by atoms with Crippen LogP contribution in [0.2, 0.25) is 0 Å². The van der Waals surface area contributed by atoms with Gasteiger partial charge in [-0.3, -0.25) is 0 Å².